The first-order valence-corrected chi connectivity index (χ1v) is 8.21. The van der Waals surface area contributed by atoms with Gasteiger partial charge in [-0.05, 0) is 31.0 Å². The number of benzene rings is 1. The van der Waals surface area contributed by atoms with Gasteiger partial charge in [0.1, 0.15) is 12.1 Å². The van der Waals surface area contributed by atoms with Gasteiger partial charge in [0.2, 0.25) is 0 Å². The van der Waals surface area contributed by atoms with Crippen LogP contribution in [0.15, 0.2) is 41.2 Å². The maximum atomic E-state index is 13.5. The SMILES string of the molecule is O=C(COc1ccc(F)cc1F)NC1CCN(C(=O)c2ccoc2)CC1. The Morgan fingerprint density at radius 3 is 2.65 bits per heavy atom. The summed E-state index contributed by atoms with van der Waals surface area (Å²) in [5, 5.41) is 2.80. The lowest BCUT2D eigenvalue weighted by molar-refractivity contribution is -0.124. The fourth-order valence-electron chi connectivity index (χ4n) is 2.80. The smallest absolute Gasteiger partial charge is 0.258 e. The van der Waals surface area contributed by atoms with Crippen molar-refractivity contribution in [2.24, 2.45) is 0 Å². The maximum absolute atomic E-state index is 13.5. The average molecular weight is 364 g/mol. The minimum Gasteiger partial charge on any atom is -0.481 e. The second-order valence-corrected chi connectivity index (χ2v) is 6.01. The number of ether oxygens (including phenoxy) is 1. The van der Waals surface area contributed by atoms with Gasteiger partial charge in [-0.15, -0.1) is 0 Å². The summed E-state index contributed by atoms with van der Waals surface area (Å²) in [6.07, 6.45) is 4.08. The van der Waals surface area contributed by atoms with Crippen LogP contribution in [0.1, 0.15) is 23.2 Å². The van der Waals surface area contributed by atoms with E-state index >= 15 is 0 Å². The number of amides is 2. The Bertz CT molecular complexity index is 772. The third kappa shape index (κ3) is 4.38. The van der Waals surface area contributed by atoms with E-state index < -0.39 is 17.5 Å². The first-order chi connectivity index (χ1) is 12.5. The van der Waals surface area contributed by atoms with Crippen LogP contribution in [0.25, 0.3) is 0 Å². The average Bonchev–Trinajstić information content (AvgIpc) is 3.16. The van der Waals surface area contributed by atoms with Gasteiger partial charge in [0, 0.05) is 25.2 Å². The number of rotatable bonds is 5. The Kier molecular flexibility index (Phi) is 5.50. The first kappa shape index (κ1) is 17.9. The maximum Gasteiger partial charge on any atom is 0.258 e. The van der Waals surface area contributed by atoms with Gasteiger partial charge in [0.25, 0.3) is 11.8 Å². The summed E-state index contributed by atoms with van der Waals surface area (Å²) in [7, 11) is 0. The summed E-state index contributed by atoms with van der Waals surface area (Å²) in [6.45, 7) is 0.668. The molecule has 0 radical (unpaired) electrons. The van der Waals surface area contributed by atoms with E-state index in [9.17, 15) is 18.4 Å². The number of nitrogens with one attached hydrogen (secondary N) is 1. The number of piperidine rings is 1. The highest BCUT2D eigenvalue weighted by Gasteiger charge is 2.25. The van der Waals surface area contributed by atoms with Crippen molar-refractivity contribution in [2.45, 2.75) is 18.9 Å². The zero-order valence-corrected chi connectivity index (χ0v) is 13.9. The molecule has 2 amide bonds. The molecule has 1 saturated heterocycles. The van der Waals surface area contributed by atoms with Gasteiger partial charge < -0.3 is 19.4 Å². The van der Waals surface area contributed by atoms with E-state index in [0.717, 1.165) is 12.1 Å². The van der Waals surface area contributed by atoms with Crippen molar-refractivity contribution in [2.75, 3.05) is 19.7 Å². The molecule has 0 unspecified atom stereocenters. The van der Waals surface area contributed by atoms with Gasteiger partial charge in [-0.1, -0.05) is 0 Å². The molecule has 1 aliphatic heterocycles. The molecule has 1 aromatic carbocycles. The van der Waals surface area contributed by atoms with Gasteiger partial charge in [-0.25, -0.2) is 8.78 Å². The molecule has 26 heavy (non-hydrogen) atoms. The van der Waals surface area contributed by atoms with Gasteiger partial charge in [0.05, 0.1) is 11.8 Å². The highest BCUT2D eigenvalue weighted by Crippen LogP contribution is 2.18. The van der Waals surface area contributed by atoms with Crippen LogP contribution in [0.5, 0.6) is 5.75 Å². The number of likely N-dealkylation sites (tertiary alicyclic amines) is 1. The lowest BCUT2D eigenvalue weighted by Gasteiger charge is -2.32. The summed E-state index contributed by atoms with van der Waals surface area (Å²) in [6, 6.07) is 4.42. The molecular weight excluding hydrogens is 346 g/mol. The topological polar surface area (TPSA) is 71.8 Å². The fourth-order valence-corrected chi connectivity index (χ4v) is 2.80. The van der Waals surface area contributed by atoms with Gasteiger partial charge in [-0.3, -0.25) is 9.59 Å². The van der Waals surface area contributed by atoms with Crippen LogP contribution >= 0.6 is 0 Å². The zero-order chi connectivity index (χ0) is 18.5. The number of hydrogen-bond donors (Lipinski definition) is 1. The van der Waals surface area contributed by atoms with Crippen LogP contribution in [0.4, 0.5) is 8.78 Å². The van der Waals surface area contributed by atoms with E-state index in [1.54, 1.807) is 11.0 Å². The van der Waals surface area contributed by atoms with E-state index in [1.165, 1.54) is 12.5 Å². The lowest BCUT2D eigenvalue weighted by atomic mass is 10.0. The predicted molar refractivity (Wildman–Crippen MR) is 87.6 cm³/mol. The molecule has 1 aromatic heterocycles. The van der Waals surface area contributed by atoms with E-state index in [4.69, 9.17) is 9.15 Å². The highest BCUT2D eigenvalue weighted by atomic mass is 19.1. The number of hydrogen-bond acceptors (Lipinski definition) is 4. The van der Waals surface area contributed by atoms with E-state index in [1.807, 2.05) is 0 Å². The van der Waals surface area contributed by atoms with Gasteiger partial charge in [0.15, 0.2) is 18.2 Å². The first-order valence-electron chi connectivity index (χ1n) is 8.21. The summed E-state index contributed by atoms with van der Waals surface area (Å²) in [4.78, 5) is 25.8. The van der Waals surface area contributed by atoms with Crippen LogP contribution < -0.4 is 10.1 Å². The molecule has 2 aromatic rings. The summed E-state index contributed by atoms with van der Waals surface area (Å²) < 4.78 is 36.3. The van der Waals surface area contributed by atoms with Crippen LogP contribution in [0, 0.1) is 11.6 Å². The molecule has 138 valence electrons. The van der Waals surface area contributed by atoms with Crippen molar-refractivity contribution in [3.63, 3.8) is 0 Å². The van der Waals surface area contributed by atoms with E-state index in [0.29, 0.717) is 37.6 Å². The Morgan fingerprint density at radius 1 is 1.23 bits per heavy atom. The van der Waals surface area contributed by atoms with E-state index in [-0.39, 0.29) is 24.3 Å². The molecule has 1 fully saturated rings. The predicted octanol–water partition coefficient (Wildman–Crippen LogP) is 2.36. The van der Waals surface area contributed by atoms with Crippen LogP contribution in [0.3, 0.4) is 0 Å². The molecule has 0 spiro atoms. The lowest BCUT2D eigenvalue weighted by Crippen LogP contribution is -2.47. The molecule has 0 atom stereocenters. The Morgan fingerprint density at radius 2 is 2.00 bits per heavy atom. The molecule has 0 saturated carbocycles. The monoisotopic (exact) mass is 364 g/mol. The third-order valence-corrected chi connectivity index (χ3v) is 4.17. The fraction of sp³-hybridized carbons (Fsp3) is 0.333. The van der Waals surface area contributed by atoms with Crippen molar-refractivity contribution in [1.82, 2.24) is 10.2 Å². The normalized spacial score (nSPS) is 14.9. The molecule has 1 N–H and O–H groups in total. The second kappa shape index (κ2) is 7.99. The second-order valence-electron chi connectivity index (χ2n) is 6.01. The summed E-state index contributed by atoms with van der Waals surface area (Å²) in [5.41, 5.74) is 0.502. The Hall–Kier alpha value is -2.90. The molecule has 1 aliphatic rings. The Balaban J connectivity index is 1.42. The van der Waals surface area contributed by atoms with E-state index in [2.05, 4.69) is 5.32 Å². The molecule has 8 heteroatoms. The number of carbonyl (C=O) groups is 2. The number of nitrogens with zero attached hydrogens (tertiary/aromatic N) is 1. The largest absolute Gasteiger partial charge is 0.481 e. The molecule has 0 bridgehead atoms. The molecule has 0 aliphatic carbocycles. The van der Waals surface area contributed by atoms with Crippen molar-refractivity contribution in [3.05, 3.63) is 54.0 Å². The van der Waals surface area contributed by atoms with Crippen molar-refractivity contribution < 1.29 is 27.5 Å². The van der Waals surface area contributed by atoms with Crippen LogP contribution in [-0.2, 0) is 4.79 Å². The minimum absolute atomic E-state index is 0.0856. The minimum atomic E-state index is -0.858. The van der Waals surface area contributed by atoms with Crippen LogP contribution in [-0.4, -0.2) is 42.5 Å². The quantitative estimate of drug-likeness (QED) is 0.884. The van der Waals surface area contributed by atoms with Gasteiger partial charge in [-0.2, -0.15) is 0 Å². The van der Waals surface area contributed by atoms with Crippen LogP contribution in [0.2, 0.25) is 0 Å². The molecule has 6 nitrogen and oxygen atoms in total. The summed E-state index contributed by atoms with van der Waals surface area (Å²) >= 11 is 0. The number of halogens is 2. The third-order valence-electron chi connectivity index (χ3n) is 4.17. The highest BCUT2D eigenvalue weighted by molar-refractivity contribution is 5.93. The standard InChI is InChI=1S/C18H18F2N2O4/c19-13-1-2-16(15(20)9-13)26-11-17(23)21-14-3-6-22(7-4-14)18(24)12-5-8-25-10-12/h1-2,5,8-10,14H,3-4,6-7,11H2,(H,21,23). The number of furan rings is 1. The zero-order valence-electron chi connectivity index (χ0n) is 13.9. The van der Waals surface area contributed by atoms with Crippen molar-refractivity contribution in [3.8, 4) is 5.75 Å². The number of carbonyl (C=O) groups excluding carboxylic acids is 2. The molecular formula is C18H18F2N2O4. The van der Waals surface area contributed by atoms with Crippen molar-refractivity contribution in [1.29, 1.82) is 0 Å². The van der Waals surface area contributed by atoms with Crippen molar-refractivity contribution >= 4 is 11.8 Å². The summed E-state index contributed by atoms with van der Waals surface area (Å²) in [5.74, 6) is -2.24. The Labute approximate surface area is 148 Å². The molecule has 2 heterocycles. The van der Waals surface area contributed by atoms with Gasteiger partial charge >= 0.3 is 0 Å². The molecule has 3 rings (SSSR count).